The molecule has 0 N–H and O–H groups in total. The highest BCUT2D eigenvalue weighted by Crippen LogP contribution is 2.31. The molecule has 0 aliphatic carbocycles. The first-order chi connectivity index (χ1) is 10.9. The molecule has 22 heavy (non-hydrogen) atoms. The van der Waals surface area contributed by atoms with Gasteiger partial charge in [0, 0.05) is 22.0 Å². The van der Waals surface area contributed by atoms with Crippen molar-refractivity contribution in [3.63, 3.8) is 0 Å². The molecule has 1 heterocycles. The number of benzene rings is 3. The zero-order valence-corrected chi connectivity index (χ0v) is 12.4. The van der Waals surface area contributed by atoms with Gasteiger partial charge in [-0.05, 0) is 43.3 Å². The molecule has 0 radical (unpaired) electrons. The molecule has 4 rings (SSSR count). The van der Waals surface area contributed by atoms with Crippen molar-refractivity contribution in [1.82, 2.24) is 4.57 Å². The fourth-order valence-corrected chi connectivity index (χ4v) is 3.04. The molecule has 0 aliphatic rings. The van der Waals surface area contributed by atoms with Crippen LogP contribution in [0.4, 0.5) is 0 Å². The summed E-state index contributed by atoms with van der Waals surface area (Å²) in [5.74, 6) is 6.04. The Labute approximate surface area is 129 Å². The van der Waals surface area contributed by atoms with Gasteiger partial charge in [0.05, 0.1) is 11.0 Å². The molecule has 1 heteroatoms. The average molecular weight is 281 g/mol. The van der Waals surface area contributed by atoms with E-state index in [1.165, 1.54) is 27.5 Å². The Morgan fingerprint density at radius 2 is 1.23 bits per heavy atom. The molecular weight excluding hydrogens is 266 g/mol. The topological polar surface area (TPSA) is 4.93 Å². The summed E-state index contributed by atoms with van der Waals surface area (Å²) in [6.07, 6.45) is 0. The molecule has 0 spiro atoms. The maximum Gasteiger partial charge on any atom is 0.0541 e. The predicted octanol–water partition coefficient (Wildman–Crippen LogP) is 5.16. The van der Waals surface area contributed by atoms with Crippen LogP contribution in [0.25, 0.3) is 27.5 Å². The Kier molecular flexibility index (Phi) is 2.95. The molecule has 104 valence electrons. The summed E-state index contributed by atoms with van der Waals surface area (Å²) in [6.45, 7) is 1.86. The minimum absolute atomic E-state index is 1.05. The highest BCUT2D eigenvalue weighted by Gasteiger charge is 2.10. The lowest BCUT2D eigenvalue weighted by atomic mass is 10.2. The monoisotopic (exact) mass is 281 g/mol. The van der Waals surface area contributed by atoms with Gasteiger partial charge >= 0.3 is 0 Å². The summed E-state index contributed by atoms with van der Waals surface area (Å²) < 4.78 is 2.31. The van der Waals surface area contributed by atoms with Gasteiger partial charge in [-0.15, -0.1) is 5.92 Å². The van der Waals surface area contributed by atoms with E-state index >= 15 is 0 Å². The summed E-state index contributed by atoms with van der Waals surface area (Å²) in [4.78, 5) is 0. The van der Waals surface area contributed by atoms with Crippen molar-refractivity contribution in [2.24, 2.45) is 0 Å². The number of fused-ring (bicyclic) bond motifs is 3. The maximum atomic E-state index is 3.10. The summed E-state index contributed by atoms with van der Waals surface area (Å²) >= 11 is 0. The zero-order chi connectivity index (χ0) is 14.9. The van der Waals surface area contributed by atoms with E-state index in [4.69, 9.17) is 0 Å². The van der Waals surface area contributed by atoms with Crippen LogP contribution in [0.5, 0.6) is 0 Å². The normalized spacial score (nSPS) is 10.6. The Balaban J connectivity index is 2.05. The van der Waals surface area contributed by atoms with Gasteiger partial charge in [0.1, 0.15) is 0 Å². The van der Waals surface area contributed by atoms with Gasteiger partial charge in [-0.25, -0.2) is 0 Å². The maximum absolute atomic E-state index is 3.10. The minimum atomic E-state index is 1.05. The SMILES string of the molecule is CC#Cc1ccc(-n2c3ccccc3c3ccccc32)cc1. The molecule has 0 aliphatic heterocycles. The molecule has 4 aromatic rings. The van der Waals surface area contributed by atoms with Crippen LogP contribution >= 0.6 is 0 Å². The van der Waals surface area contributed by atoms with Crippen molar-refractivity contribution in [2.75, 3.05) is 0 Å². The first-order valence-electron chi connectivity index (χ1n) is 7.40. The van der Waals surface area contributed by atoms with E-state index in [2.05, 4.69) is 89.2 Å². The number of hydrogen-bond donors (Lipinski definition) is 0. The van der Waals surface area contributed by atoms with Crippen molar-refractivity contribution in [1.29, 1.82) is 0 Å². The minimum Gasteiger partial charge on any atom is -0.309 e. The van der Waals surface area contributed by atoms with Crippen LogP contribution in [0, 0.1) is 11.8 Å². The van der Waals surface area contributed by atoms with Gasteiger partial charge < -0.3 is 4.57 Å². The second-order valence-corrected chi connectivity index (χ2v) is 5.29. The van der Waals surface area contributed by atoms with E-state index in [0.717, 1.165) is 5.56 Å². The Morgan fingerprint density at radius 1 is 0.682 bits per heavy atom. The Bertz CT molecular complexity index is 971. The molecule has 0 fully saturated rings. The van der Waals surface area contributed by atoms with Crippen molar-refractivity contribution < 1.29 is 0 Å². The molecule has 0 atom stereocenters. The second kappa shape index (κ2) is 5.09. The van der Waals surface area contributed by atoms with Crippen LogP contribution in [0.1, 0.15) is 12.5 Å². The van der Waals surface area contributed by atoms with Gasteiger partial charge in [-0.1, -0.05) is 42.3 Å². The first-order valence-corrected chi connectivity index (χ1v) is 7.40. The smallest absolute Gasteiger partial charge is 0.0541 e. The third-order valence-electron chi connectivity index (χ3n) is 3.97. The summed E-state index contributed by atoms with van der Waals surface area (Å²) in [7, 11) is 0. The third-order valence-corrected chi connectivity index (χ3v) is 3.97. The van der Waals surface area contributed by atoms with Crippen molar-refractivity contribution >= 4 is 21.8 Å². The number of nitrogens with zero attached hydrogens (tertiary/aromatic N) is 1. The van der Waals surface area contributed by atoms with E-state index in [-0.39, 0.29) is 0 Å². The van der Waals surface area contributed by atoms with E-state index in [1.54, 1.807) is 0 Å². The standard InChI is InChI=1S/C21H15N/c1-2-7-16-12-14-17(15-13-16)22-20-10-5-3-8-18(20)19-9-4-6-11-21(19)22/h3-6,8-15H,1H3. The number of rotatable bonds is 1. The molecule has 0 saturated carbocycles. The zero-order valence-electron chi connectivity index (χ0n) is 12.4. The number of aromatic nitrogens is 1. The summed E-state index contributed by atoms with van der Waals surface area (Å²) in [5, 5.41) is 2.58. The Hall–Kier alpha value is -2.98. The van der Waals surface area contributed by atoms with E-state index < -0.39 is 0 Å². The molecule has 0 bridgehead atoms. The molecule has 3 aromatic carbocycles. The van der Waals surface area contributed by atoms with Gasteiger partial charge in [0.15, 0.2) is 0 Å². The van der Waals surface area contributed by atoms with Gasteiger partial charge in [0.2, 0.25) is 0 Å². The molecule has 1 aromatic heterocycles. The summed E-state index contributed by atoms with van der Waals surface area (Å²) in [6, 6.07) is 25.5. The van der Waals surface area contributed by atoms with Crippen LogP contribution < -0.4 is 0 Å². The number of para-hydroxylation sites is 2. The highest BCUT2D eigenvalue weighted by atomic mass is 15.0. The van der Waals surface area contributed by atoms with Crippen LogP contribution in [-0.4, -0.2) is 4.57 Å². The average Bonchev–Trinajstić information content (AvgIpc) is 2.91. The quantitative estimate of drug-likeness (QED) is 0.425. The largest absolute Gasteiger partial charge is 0.309 e. The Morgan fingerprint density at radius 3 is 1.77 bits per heavy atom. The van der Waals surface area contributed by atoms with E-state index in [1.807, 2.05) is 6.92 Å². The first kappa shape index (κ1) is 12.7. The van der Waals surface area contributed by atoms with Crippen LogP contribution in [0.3, 0.4) is 0 Å². The number of hydrogen-bond acceptors (Lipinski definition) is 0. The molecule has 0 unspecified atom stereocenters. The van der Waals surface area contributed by atoms with Crippen molar-refractivity contribution in [3.05, 3.63) is 78.4 Å². The fraction of sp³-hybridized carbons (Fsp3) is 0.0476. The lowest BCUT2D eigenvalue weighted by Gasteiger charge is -2.07. The van der Waals surface area contributed by atoms with Gasteiger partial charge in [-0.2, -0.15) is 0 Å². The molecule has 0 amide bonds. The lowest BCUT2D eigenvalue weighted by Crippen LogP contribution is -1.93. The predicted molar refractivity (Wildman–Crippen MR) is 93.3 cm³/mol. The highest BCUT2D eigenvalue weighted by molar-refractivity contribution is 6.09. The van der Waals surface area contributed by atoms with Crippen LogP contribution in [-0.2, 0) is 0 Å². The summed E-state index contributed by atoms with van der Waals surface area (Å²) in [5.41, 5.74) is 4.68. The van der Waals surface area contributed by atoms with Crippen LogP contribution in [0.15, 0.2) is 72.8 Å². The second-order valence-electron chi connectivity index (χ2n) is 5.29. The molecular formula is C21H15N. The van der Waals surface area contributed by atoms with E-state index in [9.17, 15) is 0 Å². The third kappa shape index (κ3) is 1.89. The van der Waals surface area contributed by atoms with Crippen molar-refractivity contribution in [3.8, 4) is 17.5 Å². The van der Waals surface area contributed by atoms with Crippen LogP contribution in [0.2, 0.25) is 0 Å². The van der Waals surface area contributed by atoms with Crippen molar-refractivity contribution in [2.45, 2.75) is 6.92 Å². The van der Waals surface area contributed by atoms with Gasteiger partial charge in [-0.3, -0.25) is 0 Å². The lowest BCUT2D eigenvalue weighted by molar-refractivity contribution is 1.18. The molecule has 1 nitrogen and oxygen atoms in total. The fourth-order valence-electron chi connectivity index (χ4n) is 3.04. The van der Waals surface area contributed by atoms with E-state index in [0.29, 0.717) is 0 Å². The van der Waals surface area contributed by atoms with Gasteiger partial charge in [0.25, 0.3) is 0 Å². The molecule has 0 saturated heterocycles.